The Bertz CT molecular complexity index is 330. The van der Waals surface area contributed by atoms with Crippen molar-refractivity contribution in [2.45, 2.75) is 31.2 Å². The van der Waals surface area contributed by atoms with Crippen LogP contribution in [0.2, 0.25) is 0 Å². The topological polar surface area (TPSA) is 16.1 Å². The van der Waals surface area contributed by atoms with Crippen LogP contribution in [-0.4, -0.2) is 22.8 Å². The fourth-order valence-electron chi connectivity index (χ4n) is 1.76. The first-order chi connectivity index (χ1) is 6.59. The molecule has 0 fully saturated rings. The molecular formula is C11H16N2S. The van der Waals surface area contributed by atoms with E-state index < -0.39 is 0 Å². The van der Waals surface area contributed by atoms with E-state index in [9.17, 15) is 0 Å². The molecule has 0 saturated carbocycles. The van der Waals surface area contributed by atoms with Gasteiger partial charge in [-0.2, -0.15) is 0 Å². The summed E-state index contributed by atoms with van der Waals surface area (Å²) in [4.78, 5) is 8.01. The summed E-state index contributed by atoms with van der Waals surface area (Å²) in [5, 5.41) is 0. The Labute approximate surface area is 89.7 Å². The number of nitrogens with zero attached hydrogens (tertiary/aromatic N) is 2. The maximum atomic E-state index is 4.21. The van der Waals surface area contributed by atoms with Gasteiger partial charge in [-0.15, -0.1) is 11.8 Å². The lowest BCUT2D eigenvalue weighted by Gasteiger charge is -2.40. The smallest absolute Gasteiger partial charge is 0.0695 e. The third-order valence-electron chi connectivity index (χ3n) is 2.43. The van der Waals surface area contributed by atoms with Crippen molar-refractivity contribution < 1.29 is 0 Å². The minimum absolute atomic E-state index is 0.193. The molecule has 0 radical (unpaired) electrons. The summed E-state index contributed by atoms with van der Waals surface area (Å²) in [7, 11) is 0. The molecule has 0 N–H and O–H groups in total. The lowest BCUT2D eigenvalue weighted by atomic mass is 10.1. The first-order valence-electron chi connectivity index (χ1n) is 4.93. The number of pyridine rings is 1. The molecule has 0 amide bonds. The molecule has 0 saturated heterocycles. The third-order valence-corrected chi connectivity index (χ3v) is 3.48. The minimum atomic E-state index is 0.193. The second-order valence-electron chi connectivity index (χ2n) is 4.51. The molecule has 0 aromatic carbocycles. The van der Waals surface area contributed by atoms with E-state index in [0.717, 1.165) is 6.54 Å². The monoisotopic (exact) mass is 208 g/mol. The number of rotatable bonds is 0. The zero-order valence-electron chi connectivity index (χ0n) is 8.95. The van der Waals surface area contributed by atoms with Crippen LogP contribution in [0, 0.1) is 0 Å². The largest absolute Gasteiger partial charge is 0.364 e. The number of anilines is 1. The molecule has 0 aliphatic carbocycles. The first-order valence-corrected chi connectivity index (χ1v) is 5.92. The Hall–Kier alpha value is -0.700. The van der Waals surface area contributed by atoms with Gasteiger partial charge in [0.1, 0.15) is 0 Å². The summed E-state index contributed by atoms with van der Waals surface area (Å²) in [5.41, 5.74) is 1.48. The van der Waals surface area contributed by atoms with Gasteiger partial charge in [-0.05, 0) is 26.8 Å². The van der Waals surface area contributed by atoms with Gasteiger partial charge in [0.2, 0.25) is 0 Å². The number of hydrogen-bond acceptors (Lipinski definition) is 3. The van der Waals surface area contributed by atoms with E-state index in [0.29, 0.717) is 0 Å². The Morgan fingerprint density at radius 2 is 2.21 bits per heavy atom. The first kappa shape index (κ1) is 9.84. The minimum Gasteiger partial charge on any atom is -0.364 e. The van der Waals surface area contributed by atoms with Crippen LogP contribution >= 0.6 is 11.8 Å². The van der Waals surface area contributed by atoms with Gasteiger partial charge in [-0.1, -0.05) is 0 Å². The molecular weight excluding hydrogens is 192 g/mol. The number of aromatic nitrogens is 1. The highest BCUT2D eigenvalue weighted by Gasteiger charge is 2.26. The van der Waals surface area contributed by atoms with Crippen LogP contribution in [0.15, 0.2) is 23.4 Å². The quantitative estimate of drug-likeness (QED) is 0.652. The summed E-state index contributed by atoms with van der Waals surface area (Å²) >= 11 is 1.93. The van der Waals surface area contributed by atoms with Crippen LogP contribution in [0.3, 0.4) is 0 Å². The third kappa shape index (κ3) is 1.73. The molecule has 76 valence electrons. The van der Waals surface area contributed by atoms with Crippen LogP contribution in [0.1, 0.15) is 20.8 Å². The Morgan fingerprint density at radius 1 is 1.43 bits per heavy atom. The number of hydrogen-bond donors (Lipinski definition) is 0. The molecule has 1 aromatic rings. The van der Waals surface area contributed by atoms with Crippen molar-refractivity contribution in [2.24, 2.45) is 0 Å². The zero-order valence-corrected chi connectivity index (χ0v) is 9.77. The van der Waals surface area contributed by atoms with Gasteiger partial charge in [0, 0.05) is 28.9 Å². The van der Waals surface area contributed by atoms with Gasteiger partial charge in [0.05, 0.1) is 11.9 Å². The van der Waals surface area contributed by atoms with Gasteiger partial charge in [0.25, 0.3) is 0 Å². The van der Waals surface area contributed by atoms with Crippen molar-refractivity contribution in [1.82, 2.24) is 4.98 Å². The van der Waals surface area contributed by atoms with Crippen molar-refractivity contribution >= 4 is 17.4 Å². The Kier molecular flexibility index (Phi) is 2.43. The van der Waals surface area contributed by atoms with Gasteiger partial charge < -0.3 is 4.90 Å². The lowest BCUT2D eigenvalue weighted by Crippen LogP contribution is -2.44. The molecule has 0 atom stereocenters. The molecule has 0 bridgehead atoms. The van der Waals surface area contributed by atoms with Crippen molar-refractivity contribution in [3.63, 3.8) is 0 Å². The highest BCUT2D eigenvalue weighted by Crippen LogP contribution is 2.37. The van der Waals surface area contributed by atoms with Crippen molar-refractivity contribution in [2.75, 3.05) is 17.2 Å². The highest BCUT2D eigenvalue weighted by molar-refractivity contribution is 7.99. The fraction of sp³-hybridized carbons (Fsp3) is 0.545. The predicted molar refractivity (Wildman–Crippen MR) is 62.1 cm³/mol. The van der Waals surface area contributed by atoms with Gasteiger partial charge in [0.15, 0.2) is 0 Å². The van der Waals surface area contributed by atoms with Gasteiger partial charge in [-0.25, -0.2) is 0 Å². The fourth-order valence-corrected chi connectivity index (χ4v) is 2.72. The summed E-state index contributed by atoms with van der Waals surface area (Å²) in [6, 6.07) is 2.11. The van der Waals surface area contributed by atoms with Crippen LogP contribution in [0.5, 0.6) is 0 Å². The van der Waals surface area contributed by atoms with E-state index in [-0.39, 0.29) is 5.54 Å². The molecule has 0 unspecified atom stereocenters. The standard InChI is InChI=1S/C11H16N2S/c1-11(2,3)13-6-7-14-10-4-5-12-8-9(10)13/h4-5,8H,6-7H2,1-3H3. The summed E-state index contributed by atoms with van der Waals surface area (Å²) in [6.07, 6.45) is 3.85. The zero-order chi connectivity index (χ0) is 10.2. The molecule has 3 heteroatoms. The molecule has 0 spiro atoms. The maximum absolute atomic E-state index is 4.21. The van der Waals surface area contributed by atoms with Gasteiger partial charge in [-0.3, -0.25) is 4.98 Å². The predicted octanol–water partition coefficient (Wildman–Crippen LogP) is 2.79. The molecule has 2 heterocycles. The molecule has 1 aliphatic rings. The van der Waals surface area contributed by atoms with Crippen LogP contribution < -0.4 is 4.90 Å². The Balaban J connectivity index is 2.41. The van der Waals surface area contributed by atoms with Crippen LogP contribution in [0.4, 0.5) is 5.69 Å². The van der Waals surface area contributed by atoms with Crippen molar-refractivity contribution in [1.29, 1.82) is 0 Å². The van der Waals surface area contributed by atoms with E-state index in [4.69, 9.17) is 0 Å². The van der Waals surface area contributed by atoms with E-state index >= 15 is 0 Å². The molecule has 2 rings (SSSR count). The number of thioether (sulfide) groups is 1. The van der Waals surface area contributed by atoms with Crippen molar-refractivity contribution in [3.05, 3.63) is 18.5 Å². The van der Waals surface area contributed by atoms with E-state index in [2.05, 4.69) is 36.7 Å². The molecule has 1 aliphatic heterocycles. The van der Waals surface area contributed by atoms with E-state index in [1.807, 2.05) is 24.2 Å². The average Bonchev–Trinajstić information content (AvgIpc) is 2.15. The van der Waals surface area contributed by atoms with Crippen molar-refractivity contribution in [3.8, 4) is 0 Å². The summed E-state index contributed by atoms with van der Waals surface area (Å²) < 4.78 is 0. The summed E-state index contributed by atoms with van der Waals surface area (Å²) in [6.45, 7) is 7.87. The highest BCUT2D eigenvalue weighted by atomic mass is 32.2. The van der Waals surface area contributed by atoms with E-state index in [1.54, 1.807) is 0 Å². The lowest BCUT2D eigenvalue weighted by molar-refractivity contribution is 0.509. The maximum Gasteiger partial charge on any atom is 0.0695 e. The molecule has 14 heavy (non-hydrogen) atoms. The Morgan fingerprint density at radius 3 is 2.93 bits per heavy atom. The second-order valence-corrected chi connectivity index (χ2v) is 5.65. The van der Waals surface area contributed by atoms with E-state index in [1.165, 1.54) is 16.3 Å². The van der Waals surface area contributed by atoms with Gasteiger partial charge >= 0.3 is 0 Å². The molecule has 1 aromatic heterocycles. The second kappa shape index (κ2) is 3.46. The summed E-state index contributed by atoms with van der Waals surface area (Å²) in [5.74, 6) is 1.17. The number of fused-ring (bicyclic) bond motifs is 1. The average molecular weight is 208 g/mol. The normalized spacial score (nSPS) is 16.6. The van der Waals surface area contributed by atoms with Crippen LogP contribution in [0.25, 0.3) is 0 Å². The van der Waals surface area contributed by atoms with Crippen LogP contribution in [-0.2, 0) is 0 Å². The SMILES string of the molecule is CC(C)(C)N1CCSc2ccncc21. The molecule has 2 nitrogen and oxygen atoms in total.